The first kappa shape index (κ1) is 8.10. The minimum atomic E-state index is 0.841. The monoisotopic (exact) mass is 165 g/mol. The van der Waals surface area contributed by atoms with Gasteiger partial charge in [0.05, 0.1) is 19.8 Å². The van der Waals surface area contributed by atoms with E-state index in [-0.39, 0.29) is 0 Å². The molecule has 2 aliphatic rings. The summed E-state index contributed by atoms with van der Waals surface area (Å²) in [7, 11) is 0. The van der Waals surface area contributed by atoms with E-state index >= 15 is 0 Å². The molecule has 1 heterocycles. The molecule has 1 aliphatic carbocycles. The minimum Gasteiger partial charge on any atom is -0.381 e. The van der Waals surface area contributed by atoms with Gasteiger partial charge in [0.2, 0.25) is 0 Å². The second kappa shape index (κ2) is 3.47. The molecule has 0 aromatic heterocycles. The highest BCUT2D eigenvalue weighted by molar-refractivity contribution is 5.02. The van der Waals surface area contributed by atoms with Gasteiger partial charge in [-0.1, -0.05) is 5.92 Å². The van der Waals surface area contributed by atoms with Crippen LogP contribution in [0.3, 0.4) is 0 Å². The Kier molecular flexibility index (Phi) is 2.34. The average Bonchev–Trinajstić information content (AvgIpc) is 2.57. The van der Waals surface area contributed by atoms with E-state index in [4.69, 9.17) is 4.74 Å². The van der Waals surface area contributed by atoms with Gasteiger partial charge in [-0.3, -0.25) is 0 Å². The van der Waals surface area contributed by atoms with E-state index in [0.29, 0.717) is 0 Å². The maximum absolute atomic E-state index is 5.31. The number of hydrogen-bond acceptors (Lipinski definition) is 2. The van der Waals surface area contributed by atoms with E-state index < -0.39 is 0 Å². The fourth-order valence-electron chi connectivity index (χ4n) is 2.05. The molecule has 2 fully saturated rings. The predicted octanol–water partition coefficient (Wildman–Crippen LogP) is 0.492. The van der Waals surface area contributed by atoms with Crippen LogP contribution < -0.4 is 5.32 Å². The molecule has 2 unspecified atom stereocenters. The second-order valence-electron chi connectivity index (χ2n) is 3.59. The summed E-state index contributed by atoms with van der Waals surface area (Å²) in [6.07, 6.45) is 0. The molecular formula is C10H15NO. The Labute approximate surface area is 73.7 Å². The predicted molar refractivity (Wildman–Crippen MR) is 47.6 cm³/mol. The van der Waals surface area contributed by atoms with Crippen LogP contribution in [0.25, 0.3) is 0 Å². The first-order chi connectivity index (χ1) is 5.93. The maximum Gasteiger partial charge on any atom is 0.0576 e. The van der Waals surface area contributed by atoms with Crippen molar-refractivity contribution in [1.29, 1.82) is 0 Å². The molecule has 66 valence electrons. The zero-order chi connectivity index (χ0) is 8.39. The first-order valence-corrected chi connectivity index (χ1v) is 4.61. The van der Waals surface area contributed by atoms with Crippen LogP contribution in [0.1, 0.15) is 6.92 Å². The topological polar surface area (TPSA) is 21.3 Å². The van der Waals surface area contributed by atoms with Gasteiger partial charge in [0, 0.05) is 0 Å². The van der Waals surface area contributed by atoms with Crippen molar-refractivity contribution in [2.75, 3.05) is 26.3 Å². The van der Waals surface area contributed by atoms with Gasteiger partial charge < -0.3 is 10.1 Å². The third-order valence-corrected chi connectivity index (χ3v) is 2.90. The fraction of sp³-hybridized carbons (Fsp3) is 0.800. The Bertz CT molecular complexity index is 206. The van der Waals surface area contributed by atoms with Gasteiger partial charge in [-0.05, 0) is 31.2 Å². The summed E-state index contributed by atoms with van der Waals surface area (Å²) >= 11 is 0. The smallest absolute Gasteiger partial charge is 0.0576 e. The van der Waals surface area contributed by atoms with Crippen LogP contribution in [0.4, 0.5) is 0 Å². The number of hydrogen-bond donors (Lipinski definition) is 1. The largest absolute Gasteiger partial charge is 0.381 e. The Morgan fingerprint density at radius 1 is 1.42 bits per heavy atom. The number of rotatable bonds is 3. The highest BCUT2D eigenvalue weighted by Crippen LogP contribution is 2.50. The summed E-state index contributed by atoms with van der Waals surface area (Å²) in [6.45, 7) is 5.84. The van der Waals surface area contributed by atoms with Crippen molar-refractivity contribution in [2.24, 2.45) is 17.8 Å². The van der Waals surface area contributed by atoms with Gasteiger partial charge in [-0.25, -0.2) is 0 Å². The third kappa shape index (κ3) is 1.48. The zero-order valence-electron chi connectivity index (χ0n) is 7.47. The Hall–Kier alpha value is -0.520. The van der Waals surface area contributed by atoms with Crippen LogP contribution in [0.5, 0.6) is 0 Å². The quantitative estimate of drug-likeness (QED) is 0.485. The maximum atomic E-state index is 5.31. The van der Waals surface area contributed by atoms with E-state index in [0.717, 1.165) is 44.1 Å². The molecular weight excluding hydrogens is 150 g/mol. The molecule has 12 heavy (non-hydrogen) atoms. The molecule has 0 aromatic rings. The lowest BCUT2D eigenvalue weighted by molar-refractivity contribution is 0.151. The molecule has 1 saturated carbocycles. The summed E-state index contributed by atoms with van der Waals surface area (Å²) in [5.41, 5.74) is 0. The molecule has 0 amide bonds. The Balaban J connectivity index is 1.60. The highest BCUT2D eigenvalue weighted by atomic mass is 16.5. The molecule has 1 saturated heterocycles. The minimum absolute atomic E-state index is 0.841. The van der Waals surface area contributed by atoms with Gasteiger partial charge in [0.1, 0.15) is 0 Å². The summed E-state index contributed by atoms with van der Waals surface area (Å²) < 4.78 is 5.31. The summed E-state index contributed by atoms with van der Waals surface area (Å²) in [6, 6.07) is 0. The fourth-order valence-corrected chi connectivity index (χ4v) is 2.05. The van der Waals surface area contributed by atoms with Gasteiger partial charge >= 0.3 is 0 Å². The highest BCUT2D eigenvalue weighted by Gasteiger charge is 2.53. The van der Waals surface area contributed by atoms with Crippen LogP contribution in [-0.4, -0.2) is 26.3 Å². The molecule has 0 aromatic carbocycles. The molecule has 1 N–H and O–H groups in total. The molecule has 1 aliphatic heterocycles. The van der Waals surface area contributed by atoms with Gasteiger partial charge in [-0.15, -0.1) is 5.92 Å². The lowest BCUT2D eigenvalue weighted by atomic mass is 10.3. The van der Waals surface area contributed by atoms with Crippen molar-refractivity contribution in [3.05, 3.63) is 0 Å². The molecule has 2 rings (SSSR count). The molecule has 2 nitrogen and oxygen atoms in total. The van der Waals surface area contributed by atoms with Gasteiger partial charge in [-0.2, -0.15) is 0 Å². The lowest BCUT2D eigenvalue weighted by Gasteiger charge is -2.03. The van der Waals surface area contributed by atoms with Crippen molar-refractivity contribution in [3.63, 3.8) is 0 Å². The third-order valence-electron chi connectivity index (χ3n) is 2.90. The molecule has 2 heteroatoms. The van der Waals surface area contributed by atoms with Crippen LogP contribution in [0.15, 0.2) is 0 Å². The van der Waals surface area contributed by atoms with E-state index in [1.54, 1.807) is 0 Å². The number of nitrogens with one attached hydrogen (secondary N) is 1. The SMILES string of the molecule is CC#CCNCC1C2COCC12. The van der Waals surface area contributed by atoms with Gasteiger partial charge in [0.15, 0.2) is 0 Å². The number of ether oxygens (including phenoxy) is 1. The van der Waals surface area contributed by atoms with Crippen molar-refractivity contribution < 1.29 is 4.74 Å². The van der Waals surface area contributed by atoms with Gasteiger partial charge in [0.25, 0.3) is 0 Å². The number of fused-ring (bicyclic) bond motifs is 1. The normalized spacial score (nSPS) is 36.9. The van der Waals surface area contributed by atoms with Crippen LogP contribution >= 0.6 is 0 Å². The van der Waals surface area contributed by atoms with Crippen LogP contribution in [-0.2, 0) is 4.74 Å². The van der Waals surface area contributed by atoms with Crippen LogP contribution in [0.2, 0.25) is 0 Å². The summed E-state index contributed by atoms with van der Waals surface area (Å²) in [5.74, 6) is 8.50. The molecule has 0 spiro atoms. The van der Waals surface area contributed by atoms with Crippen molar-refractivity contribution in [1.82, 2.24) is 5.32 Å². The van der Waals surface area contributed by atoms with E-state index in [1.165, 1.54) is 0 Å². The molecule has 0 radical (unpaired) electrons. The van der Waals surface area contributed by atoms with E-state index in [9.17, 15) is 0 Å². The van der Waals surface area contributed by atoms with Crippen molar-refractivity contribution in [2.45, 2.75) is 6.92 Å². The lowest BCUT2D eigenvalue weighted by Crippen LogP contribution is -2.19. The molecule has 0 bridgehead atoms. The van der Waals surface area contributed by atoms with E-state index in [1.807, 2.05) is 6.92 Å². The average molecular weight is 165 g/mol. The molecule has 2 atom stereocenters. The summed E-state index contributed by atoms with van der Waals surface area (Å²) in [4.78, 5) is 0. The van der Waals surface area contributed by atoms with Crippen molar-refractivity contribution >= 4 is 0 Å². The Morgan fingerprint density at radius 3 is 2.83 bits per heavy atom. The van der Waals surface area contributed by atoms with Crippen molar-refractivity contribution in [3.8, 4) is 11.8 Å². The van der Waals surface area contributed by atoms with Crippen LogP contribution in [0, 0.1) is 29.6 Å². The summed E-state index contributed by atoms with van der Waals surface area (Å²) in [5, 5.41) is 3.35. The second-order valence-corrected chi connectivity index (χ2v) is 3.59. The first-order valence-electron chi connectivity index (χ1n) is 4.61. The standard InChI is InChI=1S/C10H15NO/c1-2-3-4-11-5-8-9-6-12-7-10(8)9/h8-11H,4-7H2,1H3. The van der Waals surface area contributed by atoms with E-state index in [2.05, 4.69) is 17.2 Å². The zero-order valence-corrected chi connectivity index (χ0v) is 7.47. The Morgan fingerprint density at radius 2 is 2.17 bits per heavy atom.